The Morgan fingerprint density at radius 2 is 1.83 bits per heavy atom. The number of benzene rings is 3. The van der Waals surface area contributed by atoms with Crippen molar-refractivity contribution < 1.29 is 0 Å². The van der Waals surface area contributed by atoms with Gasteiger partial charge in [-0.25, -0.2) is 10.4 Å². The Hall–Kier alpha value is -3.28. The molecule has 148 valence electrons. The second kappa shape index (κ2) is 7.86. The lowest BCUT2D eigenvalue weighted by Gasteiger charge is -2.06. The predicted octanol–water partition coefficient (Wildman–Crippen LogP) is 6.32. The third kappa shape index (κ3) is 3.65. The van der Waals surface area contributed by atoms with Gasteiger partial charge in [-0.3, -0.25) is 0 Å². The van der Waals surface area contributed by atoms with Crippen molar-refractivity contribution in [1.29, 1.82) is 0 Å². The summed E-state index contributed by atoms with van der Waals surface area (Å²) >= 11 is 12.2. The van der Waals surface area contributed by atoms with E-state index in [9.17, 15) is 0 Å². The monoisotopic (exact) mass is 433 g/mol. The van der Waals surface area contributed by atoms with E-state index >= 15 is 0 Å². The number of hydrogen-bond donors (Lipinski definition) is 2. The molecule has 5 rings (SSSR count). The van der Waals surface area contributed by atoms with E-state index in [1.165, 1.54) is 0 Å². The largest absolute Gasteiger partial charge is 0.342 e. The van der Waals surface area contributed by atoms with E-state index in [2.05, 4.69) is 43.4 Å². The van der Waals surface area contributed by atoms with Crippen LogP contribution < -0.4 is 5.43 Å². The zero-order chi connectivity index (χ0) is 20.5. The number of para-hydroxylation sites is 3. The smallest absolute Gasteiger partial charge is 0.222 e. The van der Waals surface area contributed by atoms with Crippen LogP contribution in [0.25, 0.3) is 21.9 Å². The highest BCUT2D eigenvalue weighted by Crippen LogP contribution is 2.25. The molecule has 0 fully saturated rings. The number of anilines is 1. The second-order valence-corrected chi connectivity index (χ2v) is 7.76. The zero-order valence-electron chi connectivity index (χ0n) is 15.8. The summed E-state index contributed by atoms with van der Waals surface area (Å²) in [5.74, 6) is 0.604. The first kappa shape index (κ1) is 18.7. The van der Waals surface area contributed by atoms with E-state index in [-0.39, 0.29) is 0 Å². The van der Waals surface area contributed by atoms with E-state index in [4.69, 9.17) is 23.2 Å². The molecule has 2 N–H and O–H groups in total. The van der Waals surface area contributed by atoms with Gasteiger partial charge in [-0.1, -0.05) is 59.6 Å². The summed E-state index contributed by atoms with van der Waals surface area (Å²) < 4.78 is 2.18. The highest BCUT2D eigenvalue weighted by Gasteiger charge is 2.08. The summed E-state index contributed by atoms with van der Waals surface area (Å²) in [5.41, 5.74) is 8.05. The number of rotatable bonds is 5. The molecule has 0 atom stereocenters. The molecule has 5 nitrogen and oxygen atoms in total. The summed E-state index contributed by atoms with van der Waals surface area (Å²) in [6.07, 6.45) is 3.89. The van der Waals surface area contributed by atoms with E-state index in [1.54, 1.807) is 6.21 Å². The minimum absolute atomic E-state index is 0.558. The van der Waals surface area contributed by atoms with Gasteiger partial charge in [0.2, 0.25) is 5.95 Å². The molecule has 3 aromatic carbocycles. The number of nitrogens with zero attached hydrogens (tertiary/aromatic N) is 3. The molecule has 0 unspecified atom stereocenters. The molecule has 0 aliphatic carbocycles. The fourth-order valence-electron chi connectivity index (χ4n) is 3.51. The Morgan fingerprint density at radius 3 is 2.70 bits per heavy atom. The van der Waals surface area contributed by atoms with Crippen molar-refractivity contribution in [2.75, 3.05) is 5.43 Å². The first-order valence-corrected chi connectivity index (χ1v) is 10.2. The second-order valence-electron chi connectivity index (χ2n) is 6.95. The number of hydrogen-bond acceptors (Lipinski definition) is 3. The highest BCUT2D eigenvalue weighted by atomic mass is 35.5. The number of nitrogens with one attached hydrogen (secondary N) is 2. The molecule has 0 radical (unpaired) electrons. The average molecular weight is 434 g/mol. The summed E-state index contributed by atoms with van der Waals surface area (Å²) in [7, 11) is 0. The van der Waals surface area contributed by atoms with Crippen molar-refractivity contribution in [2.24, 2.45) is 5.10 Å². The van der Waals surface area contributed by atoms with Gasteiger partial charge in [0.05, 0.1) is 27.3 Å². The number of H-pyrrole nitrogens is 1. The fraction of sp³-hybridized carbons (Fsp3) is 0.0435. The van der Waals surface area contributed by atoms with Gasteiger partial charge in [0.1, 0.15) is 0 Å². The Bertz CT molecular complexity index is 1350. The summed E-state index contributed by atoms with van der Waals surface area (Å²) in [6, 6.07) is 21.8. The molecule has 0 spiro atoms. The standard InChI is InChI=1S/C23H17Cl2N5/c24-18-10-9-15(11-19(18)25)13-30-14-16(17-5-1-4-8-22(17)30)12-26-29-23-27-20-6-2-3-7-21(20)28-23/h1-12,14H,13H2,(H2,27,28,29)/b26-12-. The Balaban J connectivity index is 1.42. The molecule has 0 saturated carbocycles. The first-order valence-electron chi connectivity index (χ1n) is 9.43. The molecule has 30 heavy (non-hydrogen) atoms. The molecule has 7 heteroatoms. The molecule has 0 aliphatic heterocycles. The van der Waals surface area contributed by atoms with Crippen molar-refractivity contribution in [3.8, 4) is 0 Å². The number of hydrazone groups is 1. The normalized spacial score (nSPS) is 11.7. The van der Waals surface area contributed by atoms with Crippen LogP contribution in [-0.4, -0.2) is 20.7 Å². The van der Waals surface area contributed by atoms with Crippen LogP contribution in [-0.2, 0) is 6.54 Å². The van der Waals surface area contributed by atoms with Gasteiger partial charge in [0.15, 0.2) is 0 Å². The van der Waals surface area contributed by atoms with Crippen molar-refractivity contribution in [3.05, 3.63) is 94.1 Å². The first-order chi connectivity index (χ1) is 14.7. The Labute approximate surface area is 183 Å². The van der Waals surface area contributed by atoms with E-state index in [0.29, 0.717) is 22.5 Å². The highest BCUT2D eigenvalue weighted by molar-refractivity contribution is 6.42. The van der Waals surface area contributed by atoms with Crippen LogP contribution in [0.2, 0.25) is 10.0 Å². The lowest BCUT2D eigenvalue weighted by molar-refractivity contribution is 0.836. The summed E-state index contributed by atoms with van der Waals surface area (Å²) in [4.78, 5) is 7.68. The molecule has 5 aromatic rings. The van der Waals surface area contributed by atoms with Crippen molar-refractivity contribution >= 4 is 57.3 Å². The number of imidazole rings is 1. The third-order valence-corrected chi connectivity index (χ3v) is 5.66. The minimum Gasteiger partial charge on any atom is -0.342 e. The van der Waals surface area contributed by atoms with Gasteiger partial charge >= 0.3 is 0 Å². The van der Waals surface area contributed by atoms with Crippen LogP contribution in [0.4, 0.5) is 5.95 Å². The van der Waals surface area contributed by atoms with Gasteiger partial charge in [-0.2, -0.15) is 5.10 Å². The lowest BCUT2D eigenvalue weighted by atomic mass is 10.2. The topological polar surface area (TPSA) is 58.0 Å². The number of aromatic nitrogens is 3. The van der Waals surface area contributed by atoms with Gasteiger partial charge in [-0.05, 0) is 35.9 Å². The quantitative estimate of drug-likeness (QED) is 0.251. The molecule has 2 aromatic heterocycles. The van der Waals surface area contributed by atoms with E-state index in [1.807, 2.05) is 54.6 Å². The van der Waals surface area contributed by atoms with Gasteiger partial charge in [0, 0.05) is 29.2 Å². The van der Waals surface area contributed by atoms with Crippen LogP contribution in [0, 0.1) is 0 Å². The van der Waals surface area contributed by atoms with Crippen LogP contribution in [0.15, 0.2) is 78.0 Å². The SMILES string of the molecule is Clc1ccc(Cn2cc(/C=N\Nc3nc4ccccc4[nH]3)c3ccccc32)cc1Cl. The Kier molecular flexibility index (Phi) is 4.91. The number of fused-ring (bicyclic) bond motifs is 2. The Morgan fingerprint density at radius 1 is 1.00 bits per heavy atom. The maximum atomic E-state index is 6.18. The fourth-order valence-corrected chi connectivity index (χ4v) is 3.83. The lowest BCUT2D eigenvalue weighted by Crippen LogP contribution is -1.98. The maximum absolute atomic E-state index is 6.18. The van der Waals surface area contributed by atoms with Gasteiger partial charge < -0.3 is 9.55 Å². The molecule has 0 saturated heterocycles. The van der Waals surface area contributed by atoms with Crippen LogP contribution in [0.5, 0.6) is 0 Å². The minimum atomic E-state index is 0.558. The van der Waals surface area contributed by atoms with Gasteiger partial charge in [0.25, 0.3) is 0 Å². The van der Waals surface area contributed by atoms with Crippen molar-refractivity contribution in [1.82, 2.24) is 14.5 Å². The van der Waals surface area contributed by atoms with Crippen LogP contribution >= 0.6 is 23.2 Å². The number of halogens is 2. The van der Waals surface area contributed by atoms with Crippen LogP contribution in [0.1, 0.15) is 11.1 Å². The number of aromatic amines is 1. The average Bonchev–Trinajstić information content (AvgIpc) is 3.32. The molecule has 0 aliphatic rings. The molecular weight excluding hydrogens is 417 g/mol. The van der Waals surface area contributed by atoms with Crippen LogP contribution in [0.3, 0.4) is 0 Å². The zero-order valence-corrected chi connectivity index (χ0v) is 17.3. The van der Waals surface area contributed by atoms with Crippen molar-refractivity contribution in [2.45, 2.75) is 6.54 Å². The summed E-state index contributed by atoms with van der Waals surface area (Å²) in [5, 5.41) is 6.62. The third-order valence-electron chi connectivity index (χ3n) is 4.92. The molecule has 0 amide bonds. The van der Waals surface area contributed by atoms with Crippen molar-refractivity contribution in [3.63, 3.8) is 0 Å². The predicted molar refractivity (Wildman–Crippen MR) is 125 cm³/mol. The molecule has 0 bridgehead atoms. The van der Waals surface area contributed by atoms with Gasteiger partial charge in [-0.15, -0.1) is 0 Å². The molecular formula is C23H17Cl2N5. The van der Waals surface area contributed by atoms with E-state index < -0.39 is 0 Å². The summed E-state index contributed by atoms with van der Waals surface area (Å²) in [6.45, 7) is 0.683. The van der Waals surface area contributed by atoms with E-state index in [0.717, 1.165) is 33.1 Å². The molecule has 2 heterocycles. The maximum Gasteiger partial charge on any atom is 0.222 e.